The van der Waals surface area contributed by atoms with Crippen molar-refractivity contribution < 1.29 is 0 Å². The first-order valence-corrected chi connectivity index (χ1v) is 6.26. The molecule has 1 N–H and O–H groups in total. The normalized spacial score (nSPS) is 10.2. The summed E-state index contributed by atoms with van der Waals surface area (Å²) in [5, 5.41) is 11.1. The lowest BCUT2D eigenvalue weighted by molar-refractivity contribution is 0.979. The van der Waals surface area contributed by atoms with Crippen molar-refractivity contribution >= 4 is 5.82 Å². The summed E-state index contributed by atoms with van der Waals surface area (Å²) in [6, 6.07) is 13.8. The van der Waals surface area contributed by atoms with E-state index in [1.165, 1.54) is 6.33 Å². The Morgan fingerprint density at radius 2 is 1.70 bits per heavy atom. The molecule has 0 spiro atoms. The van der Waals surface area contributed by atoms with Gasteiger partial charge in [-0.1, -0.05) is 30.3 Å². The first-order valence-electron chi connectivity index (χ1n) is 6.26. The zero-order valence-corrected chi connectivity index (χ0v) is 11.0. The van der Waals surface area contributed by atoms with E-state index in [1.54, 1.807) is 6.20 Å². The van der Waals surface area contributed by atoms with E-state index in [0.717, 1.165) is 28.3 Å². The fraction of sp³-hybridized carbons (Fsp3) is 0.0667. The molecule has 0 aliphatic carbocycles. The standard InChI is InChI=1S/C15H13N5/c1-16-13-8-7-12(9-17-13)15-14(18-10-19-20-15)11-5-3-2-4-6-11/h2-10H,1H3,(H,16,17). The Morgan fingerprint density at radius 3 is 2.40 bits per heavy atom. The lowest BCUT2D eigenvalue weighted by Crippen LogP contribution is -1.97. The number of nitrogens with one attached hydrogen (secondary N) is 1. The Kier molecular flexibility index (Phi) is 3.33. The summed E-state index contributed by atoms with van der Waals surface area (Å²) in [5.74, 6) is 0.812. The first-order chi connectivity index (χ1) is 9.88. The van der Waals surface area contributed by atoms with E-state index in [9.17, 15) is 0 Å². The summed E-state index contributed by atoms with van der Waals surface area (Å²) < 4.78 is 0. The maximum atomic E-state index is 4.35. The molecule has 3 rings (SSSR count). The topological polar surface area (TPSA) is 63.6 Å². The van der Waals surface area contributed by atoms with Crippen LogP contribution in [-0.4, -0.2) is 27.2 Å². The molecule has 0 aliphatic heterocycles. The Morgan fingerprint density at radius 1 is 0.850 bits per heavy atom. The van der Waals surface area contributed by atoms with Gasteiger partial charge in [-0.2, -0.15) is 0 Å². The number of pyridine rings is 1. The predicted molar refractivity (Wildman–Crippen MR) is 78.0 cm³/mol. The SMILES string of the molecule is CNc1ccc(-c2nncnc2-c2ccccc2)cn1. The molecule has 2 aromatic heterocycles. The fourth-order valence-corrected chi connectivity index (χ4v) is 1.96. The number of aromatic nitrogens is 4. The molecule has 98 valence electrons. The number of benzene rings is 1. The van der Waals surface area contributed by atoms with E-state index in [-0.39, 0.29) is 0 Å². The minimum absolute atomic E-state index is 0.730. The summed E-state index contributed by atoms with van der Waals surface area (Å²) in [6.07, 6.45) is 3.23. The van der Waals surface area contributed by atoms with E-state index in [4.69, 9.17) is 0 Å². The van der Waals surface area contributed by atoms with Gasteiger partial charge in [0.15, 0.2) is 0 Å². The molecule has 5 nitrogen and oxygen atoms in total. The zero-order valence-electron chi connectivity index (χ0n) is 11.0. The van der Waals surface area contributed by atoms with Crippen LogP contribution in [0.5, 0.6) is 0 Å². The van der Waals surface area contributed by atoms with Crippen molar-refractivity contribution in [3.8, 4) is 22.5 Å². The molecule has 0 amide bonds. The largest absolute Gasteiger partial charge is 0.373 e. The monoisotopic (exact) mass is 263 g/mol. The maximum Gasteiger partial charge on any atom is 0.138 e. The van der Waals surface area contributed by atoms with E-state index < -0.39 is 0 Å². The maximum absolute atomic E-state index is 4.35. The summed E-state index contributed by atoms with van der Waals surface area (Å²) in [6.45, 7) is 0. The minimum Gasteiger partial charge on any atom is -0.373 e. The van der Waals surface area contributed by atoms with Crippen molar-refractivity contribution in [3.63, 3.8) is 0 Å². The molecule has 3 aromatic rings. The summed E-state index contributed by atoms with van der Waals surface area (Å²) in [5.41, 5.74) is 3.44. The van der Waals surface area contributed by atoms with E-state index in [0.29, 0.717) is 0 Å². The smallest absolute Gasteiger partial charge is 0.138 e. The van der Waals surface area contributed by atoms with Crippen molar-refractivity contribution in [2.24, 2.45) is 0 Å². The second kappa shape index (κ2) is 5.44. The van der Waals surface area contributed by atoms with Crippen LogP contribution in [0.2, 0.25) is 0 Å². The predicted octanol–water partition coefficient (Wildman–Crippen LogP) is 2.64. The van der Waals surface area contributed by atoms with Crippen molar-refractivity contribution in [3.05, 3.63) is 55.0 Å². The van der Waals surface area contributed by atoms with Crippen molar-refractivity contribution in [2.45, 2.75) is 0 Å². The van der Waals surface area contributed by atoms with Crippen molar-refractivity contribution in [1.82, 2.24) is 20.2 Å². The number of nitrogens with zero attached hydrogens (tertiary/aromatic N) is 4. The van der Waals surface area contributed by atoms with Crippen LogP contribution in [0.3, 0.4) is 0 Å². The van der Waals surface area contributed by atoms with Gasteiger partial charge in [0.1, 0.15) is 23.5 Å². The number of hydrogen-bond donors (Lipinski definition) is 1. The fourth-order valence-electron chi connectivity index (χ4n) is 1.96. The van der Waals surface area contributed by atoms with Gasteiger partial charge in [-0.15, -0.1) is 10.2 Å². The summed E-state index contributed by atoms with van der Waals surface area (Å²) in [7, 11) is 1.83. The molecule has 0 bridgehead atoms. The molecule has 1 aromatic carbocycles. The molecule has 0 fully saturated rings. The van der Waals surface area contributed by atoms with Crippen LogP contribution in [0, 0.1) is 0 Å². The highest BCUT2D eigenvalue weighted by molar-refractivity contribution is 5.77. The summed E-state index contributed by atoms with van der Waals surface area (Å²) in [4.78, 5) is 8.65. The lowest BCUT2D eigenvalue weighted by Gasteiger charge is -2.07. The highest BCUT2D eigenvalue weighted by Gasteiger charge is 2.10. The molecule has 0 saturated carbocycles. The Labute approximate surface area is 116 Å². The Bertz CT molecular complexity index is 695. The van der Waals surface area contributed by atoms with Crippen molar-refractivity contribution in [1.29, 1.82) is 0 Å². The third-order valence-corrected chi connectivity index (χ3v) is 2.96. The molecule has 0 saturated heterocycles. The molecular weight excluding hydrogens is 250 g/mol. The van der Waals surface area contributed by atoms with Gasteiger partial charge < -0.3 is 5.32 Å². The highest BCUT2D eigenvalue weighted by Crippen LogP contribution is 2.27. The highest BCUT2D eigenvalue weighted by atomic mass is 15.1. The van der Waals surface area contributed by atoms with Gasteiger partial charge in [-0.25, -0.2) is 9.97 Å². The molecule has 0 aliphatic rings. The van der Waals surface area contributed by atoms with E-state index in [1.807, 2.05) is 49.5 Å². The van der Waals surface area contributed by atoms with Crippen LogP contribution in [0.15, 0.2) is 55.0 Å². The second-order valence-electron chi connectivity index (χ2n) is 4.21. The van der Waals surface area contributed by atoms with Crippen LogP contribution in [0.25, 0.3) is 22.5 Å². The van der Waals surface area contributed by atoms with Gasteiger partial charge in [0.2, 0.25) is 0 Å². The van der Waals surface area contributed by atoms with Gasteiger partial charge in [-0.3, -0.25) is 0 Å². The van der Waals surface area contributed by atoms with Crippen molar-refractivity contribution in [2.75, 3.05) is 12.4 Å². The van der Waals surface area contributed by atoms with Gasteiger partial charge in [-0.05, 0) is 12.1 Å². The van der Waals surface area contributed by atoms with Gasteiger partial charge in [0.25, 0.3) is 0 Å². The van der Waals surface area contributed by atoms with Crippen LogP contribution in [0.1, 0.15) is 0 Å². The second-order valence-corrected chi connectivity index (χ2v) is 4.21. The van der Waals surface area contributed by atoms with Gasteiger partial charge in [0.05, 0.1) is 0 Å². The molecule has 2 heterocycles. The Hall–Kier alpha value is -2.82. The minimum atomic E-state index is 0.730. The van der Waals surface area contributed by atoms with E-state index in [2.05, 4.69) is 25.5 Å². The van der Waals surface area contributed by atoms with Crippen LogP contribution in [-0.2, 0) is 0 Å². The molecule has 0 unspecified atom stereocenters. The average molecular weight is 263 g/mol. The van der Waals surface area contributed by atoms with Crippen LogP contribution in [0.4, 0.5) is 5.82 Å². The average Bonchev–Trinajstić information content (AvgIpc) is 2.56. The number of anilines is 1. The lowest BCUT2D eigenvalue weighted by atomic mass is 10.1. The number of hydrogen-bond acceptors (Lipinski definition) is 5. The van der Waals surface area contributed by atoms with Gasteiger partial charge in [0, 0.05) is 24.4 Å². The number of rotatable bonds is 3. The Balaban J connectivity index is 2.10. The summed E-state index contributed by atoms with van der Waals surface area (Å²) >= 11 is 0. The van der Waals surface area contributed by atoms with Crippen LogP contribution < -0.4 is 5.32 Å². The molecule has 20 heavy (non-hydrogen) atoms. The molecule has 5 heteroatoms. The van der Waals surface area contributed by atoms with Gasteiger partial charge >= 0.3 is 0 Å². The van der Waals surface area contributed by atoms with Crippen LogP contribution >= 0.6 is 0 Å². The third kappa shape index (κ3) is 2.33. The molecule has 0 atom stereocenters. The third-order valence-electron chi connectivity index (χ3n) is 2.96. The zero-order chi connectivity index (χ0) is 13.8. The molecule has 0 radical (unpaired) electrons. The van der Waals surface area contributed by atoms with E-state index >= 15 is 0 Å². The quantitative estimate of drug-likeness (QED) is 0.787. The molecular formula is C15H13N5. The first kappa shape index (κ1) is 12.2.